The van der Waals surface area contributed by atoms with E-state index in [2.05, 4.69) is 15.9 Å². The van der Waals surface area contributed by atoms with Crippen LogP contribution in [-0.2, 0) is 0 Å². The molecule has 0 amide bonds. The van der Waals surface area contributed by atoms with Crippen molar-refractivity contribution in [3.05, 3.63) is 63.6 Å². The van der Waals surface area contributed by atoms with E-state index in [1.165, 1.54) is 0 Å². The van der Waals surface area contributed by atoms with E-state index in [0.29, 0.717) is 22.4 Å². The van der Waals surface area contributed by atoms with Gasteiger partial charge in [-0.15, -0.1) is 0 Å². The lowest BCUT2D eigenvalue weighted by Crippen LogP contribution is -2.02. The van der Waals surface area contributed by atoms with Crippen LogP contribution in [0.1, 0.15) is 21.5 Å². The zero-order chi connectivity index (χ0) is 17.7. The Labute approximate surface area is 152 Å². The number of hydrogen-bond donors (Lipinski definition) is 1. The highest BCUT2D eigenvalue weighted by atomic mass is 79.9. The largest absolute Gasteiger partial charge is 0.478 e. The van der Waals surface area contributed by atoms with Crippen molar-refractivity contribution in [1.82, 2.24) is 4.98 Å². The fourth-order valence-electron chi connectivity index (χ4n) is 3.11. The Hall–Kier alpha value is -2.66. The molecule has 1 N–H and O–H groups in total. The number of nitrogens with zero attached hydrogens (tertiary/aromatic N) is 1. The monoisotopic (exact) mass is 395 g/mol. The fourth-order valence-corrected chi connectivity index (χ4v) is 3.72. The lowest BCUT2D eigenvalue weighted by molar-refractivity contribution is 0.0699. The van der Waals surface area contributed by atoms with Crippen LogP contribution < -0.4 is 0 Å². The average molecular weight is 396 g/mol. The molecule has 0 fully saturated rings. The Bertz CT molecular complexity index is 1160. The van der Waals surface area contributed by atoms with Crippen LogP contribution >= 0.6 is 15.9 Å². The predicted octanol–water partition coefficient (Wildman–Crippen LogP) is 5.73. The van der Waals surface area contributed by atoms with E-state index < -0.39 is 5.97 Å². The summed E-state index contributed by atoms with van der Waals surface area (Å²) in [4.78, 5) is 16.6. The van der Waals surface area contributed by atoms with Crippen molar-refractivity contribution in [2.75, 3.05) is 0 Å². The van der Waals surface area contributed by atoms with Gasteiger partial charge in [-0.2, -0.15) is 0 Å². The highest BCUT2D eigenvalue weighted by molar-refractivity contribution is 9.10. The smallest absolute Gasteiger partial charge is 0.336 e. The second-order valence-corrected chi connectivity index (χ2v) is 6.82. The molecule has 4 aromatic rings. The van der Waals surface area contributed by atoms with Gasteiger partial charge in [0.15, 0.2) is 5.76 Å². The number of pyridine rings is 1. The van der Waals surface area contributed by atoms with Gasteiger partial charge in [-0.1, -0.05) is 24.3 Å². The molecule has 0 atom stereocenters. The highest BCUT2D eigenvalue weighted by Gasteiger charge is 2.20. The number of halogens is 1. The molecule has 2 aromatic carbocycles. The van der Waals surface area contributed by atoms with E-state index in [4.69, 9.17) is 9.40 Å². The Kier molecular flexibility index (Phi) is 3.62. The van der Waals surface area contributed by atoms with Gasteiger partial charge >= 0.3 is 5.97 Å². The highest BCUT2D eigenvalue weighted by Crippen LogP contribution is 2.38. The molecule has 0 radical (unpaired) electrons. The number of fused-ring (bicyclic) bond motifs is 2. The van der Waals surface area contributed by atoms with Crippen LogP contribution in [0, 0.1) is 13.8 Å². The molecule has 2 heterocycles. The van der Waals surface area contributed by atoms with Gasteiger partial charge in [-0.05, 0) is 59.1 Å². The summed E-state index contributed by atoms with van der Waals surface area (Å²) in [6.45, 7) is 3.82. The molecule has 0 spiro atoms. The van der Waals surface area contributed by atoms with E-state index in [0.717, 1.165) is 26.6 Å². The van der Waals surface area contributed by atoms with Crippen LogP contribution in [0.2, 0.25) is 0 Å². The zero-order valence-corrected chi connectivity index (χ0v) is 15.2. The van der Waals surface area contributed by atoms with E-state index in [9.17, 15) is 9.90 Å². The second kappa shape index (κ2) is 5.70. The summed E-state index contributed by atoms with van der Waals surface area (Å²) in [5.41, 5.74) is 3.96. The maximum atomic E-state index is 11.8. The number of rotatable bonds is 2. The number of furan rings is 1. The Morgan fingerprint density at radius 2 is 1.84 bits per heavy atom. The number of aromatic nitrogens is 1. The van der Waals surface area contributed by atoms with Crippen molar-refractivity contribution in [2.24, 2.45) is 0 Å². The summed E-state index contributed by atoms with van der Waals surface area (Å²) < 4.78 is 6.71. The zero-order valence-electron chi connectivity index (χ0n) is 13.6. The van der Waals surface area contributed by atoms with Gasteiger partial charge < -0.3 is 9.52 Å². The van der Waals surface area contributed by atoms with Gasteiger partial charge in [0.25, 0.3) is 0 Å². The van der Waals surface area contributed by atoms with Crippen LogP contribution in [0.15, 0.2) is 51.4 Å². The molecule has 2 aromatic heterocycles. The van der Waals surface area contributed by atoms with Gasteiger partial charge in [-0.3, -0.25) is 0 Å². The summed E-state index contributed by atoms with van der Waals surface area (Å²) >= 11 is 3.57. The average Bonchev–Trinajstić information content (AvgIpc) is 2.94. The molecule has 4 rings (SSSR count). The van der Waals surface area contributed by atoms with E-state index in [1.807, 2.05) is 50.2 Å². The molecule has 0 aliphatic rings. The SMILES string of the molecule is Cc1ccc(C)c2c(C(=O)O)cc(-c3oc4ccccc4c3Br)nc12. The molecular weight excluding hydrogens is 382 g/mol. The number of benzene rings is 2. The Balaban J connectivity index is 2.10. The topological polar surface area (TPSA) is 63.3 Å². The molecule has 0 bridgehead atoms. The molecule has 0 aliphatic carbocycles. The molecular formula is C20H14BrNO3. The quantitative estimate of drug-likeness (QED) is 0.470. The number of carboxylic acid groups (broad SMARTS) is 1. The lowest BCUT2D eigenvalue weighted by Gasteiger charge is -2.10. The summed E-state index contributed by atoms with van der Waals surface area (Å²) in [6.07, 6.45) is 0. The van der Waals surface area contributed by atoms with Gasteiger partial charge in [0.1, 0.15) is 11.3 Å². The van der Waals surface area contributed by atoms with Gasteiger partial charge in [0.2, 0.25) is 0 Å². The number of aryl methyl sites for hydroxylation is 2. The van der Waals surface area contributed by atoms with E-state index >= 15 is 0 Å². The molecule has 0 saturated carbocycles. The molecule has 0 saturated heterocycles. The number of para-hydroxylation sites is 1. The normalized spacial score (nSPS) is 11.3. The minimum Gasteiger partial charge on any atom is -0.478 e. The standard InChI is InChI=1S/C20H14BrNO3/c1-10-7-8-11(2)18-16(10)13(20(23)24)9-14(22-18)19-17(21)12-5-3-4-6-15(12)25-19/h3-9H,1-2H3,(H,23,24). The summed E-state index contributed by atoms with van der Waals surface area (Å²) in [5, 5.41) is 11.3. The molecule has 25 heavy (non-hydrogen) atoms. The van der Waals surface area contributed by atoms with Crippen molar-refractivity contribution in [3.8, 4) is 11.5 Å². The minimum atomic E-state index is -0.977. The van der Waals surface area contributed by atoms with Gasteiger partial charge in [-0.25, -0.2) is 9.78 Å². The third-order valence-electron chi connectivity index (χ3n) is 4.37. The molecule has 0 unspecified atom stereocenters. The van der Waals surface area contributed by atoms with Crippen LogP contribution in [0.5, 0.6) is 0 Å². The first kappa shape index (κ1) is 15.8. The summed E-state index contributed by atoms with van der Waals surface area (Å²) in [6, 6.07) is 13.1. The van der Waals surface area contributed by atoms with E-state index in [1.54, 1.807) is 6.07 Å². The summed E-state index contributed by atoms with van der Waals surface area (Å²) in [5.74, 6) is -0.443. The van der Waals surface area contributed by atoms with Crippen LogP contribution in [0.3, 0.4) is 0 Å². The third kappa shape index (κ3) is 2.43. The molecule has 0 aliphatic heterocycles. The molecule has 124 valence electrons. The van der Waals surface area contributed by atoms with Crippen LogP contribution in [0.25, 0.3) is 33.3 Å². The molecule has 5 heteroatoms. The van der Waals surface area contributed by atoms with Crippen LogP contribution in [-0.4, -0.2) is 16.1 Å². The maximum Gasteiger partial charge on any atom is 0.336 e. The number of carbonyl (C=O) groups is 1. The first-order valence-electron chi connectivity index (χ1n) is 7.79. The predicted molar refractivity (Wildman–Crippen MR) is 101 cm³/mol. The number of aromatic carboxylic acids is 1. The molecule has 4 nitrogen and oxygen atoms in total. The third-order valence-corrected chi connectivity index (χ3v) is 5.16. The van der Waals surface area contributed by atoms with E-state index in [-0.39, 0.29) is 5.56 Å². The van der Waals surface area contributed by atoms with Crippen LogP contribution in [0.4, 0.5) is 0 Å². The number of hydrogen-bond acceptors (Lipinski definition) is 3. The maximum absolute atomic E-state index is 11.8. The Morgan fingerprint density at radius 1 is 1.12 bits per heavy atom. The lowest BCUT2D eigenvalue weighted by atomic mass is 9.99. The first-order chi connectivity index (χ1) is 12.0. The first-order valence-corrected chi connectivity index (χ1v) is 8.58. The summed E-state index contributed by atoms with van der Waals surface area (Å²) in [7, 11) is 0. The minimum absolute atomic E-state index is 0.230. The van der Waals surface area contributed by atoms with Gasteiger partial charge in [0, 0.05) is 10.8 Å². The van der Waals surface area contributed by atoms with Crippen molar-refractivity contribution in [1.29, 1.82) is 0 Å². The second-order valence-electron chi connectivity index (χ2n) is 6.02. The van der Waals surface area contributed by atoms with Crippen molar-refractivity contribution >= 4 is 43.8 Å². The Morgan fingerprint density at radius 3 is 2.56 bits per heavy atom. The fraction of sp³-hybridized carbons (Fsp3) is 0.100. The van der Waals surface area contributed by atoms with Crippen molar-refractivity contribution in [2.45, 2.75) is 13.8 Å². The van der Waals surface area contributed by atoms with Crippen molar-refractivity contribution < 1.29 is 14.3 Å². The van der Waals surface area contributed by atoms with Gasteiger partial charge in [0.05, 0.1) is 15.6 Å². The number of carboxylic acids is 1. The van der Waals surface area contributed by atoms with Crippen molar-refractivity contribution in [3.63, 3.8) is 0 Å².